The van der Waals surface area contributed by atoms with Gasteiger partial charge in [-0.25, -0.2) is 0 Å². The van der Waals surface area contributed by atoms with E-state index >= 15 is 0 Å². The number of hydrogen-bond acceptors (Lipinski definition) is 2. The van der Waals surface area contributed by atoms with Crippen LogP contribution < -0.4 is 10.2 Å². The fourth-order valence-corrected chi connectivity index (χ4v) is 0. The van der Waals surface area contributed by atoms with Crippen LogP contribution >= 0.6 is 0 Å². The fraction of sp³-hybridized carbons (Fsp3) is 1.00. The SMILES string of the molecule is CC(C)C(C)[O-].CC(C)C(C)[O-].[Ba+2]. The van der Waals surface area contributed by atoms with E-state index < -0.39 is 12.2 Å². The van der Waals surface area contributed by atoms with E-state index in [0.29, 0.717) is 11.8 Å². The zero-order valence-electron chi connectivity index (χ0n) is 9.83. The van der Waals surface area contributed by atoms with Crippen LogP contribution in [0.1, 0.15) is 41.5 Å². The van der Waals surface area contributed by atoms with Gasteiger partial charge in [-0.15, -0.1) is 12.2 Å². The number of hydrogen-bond donors (Lipinski definition) is 0. The van der Waals surface area contributed by atoms with E-state index in [-0.39, 0.29) is 48.9 Å². The van der Waals surface area contributed by atoms with Crippen LogP contribution in [0.2, 0.25) is 0 Å². The number of rotatable bonds is 2. The molecule has 3 heteroatoms. The molecule has 0 bridgehead atoms. The summed E-state index contributed by atoms with van der Waals surface area (Å²) in [6.07, 6.45) is -0.796. The van der Waals surface area contributed by atoms with Crippen molar-refractivity contribution < 1.29 is 10.2 Å². The van der Waals surface area contributed by atoms with Crippen LogP contribution in [-0.4, -0.2) is 61.1 Å². The van der Waals surface area contributed by atoms with Gasteiger partial charge in [0.05, 0.1) is 0 Å². The van der Waals surface area contributed by atoms with Crippen molar-refractivity contribution in [2.24, 2.45) is 11.8 Å². The first kappa shape index (κ1) is 20.0. The molecule has 0 aromatic rings. The van der Waals surface area contributed by atoms with Crippen LogP contribution in [0.5, 0.6) is 0 Å². The third-order valence-corrected chi connectivity index (χ3v) is 1.88. The van der Waals surface area contributed by atoms with Crippen LogP contribution in [-0.2, 0) is 0 Å². The van der Waals surface area contributed by atoms with Crippen molar-refractivity contribution in [3.05, 3.63) is 0 Å². The second-order valence-electron chi connectivity index (χ2n) is 3.90. The molecule has 76 valence electrons. The van der Waals surface area contributed by atoms with Gasteiger partial charge in [-0.1, -0.05) is 53.4 Å². The van der Waals surface area contributed by atoms with Gasteiger partial charge in [-0.05, 0) is 0 Å². The summed E-state index contributed by atoms with van der Waals surface area (Å²) in [5.74, 6) is 0.593. The molecular weight excluding hydrogens is 289 g/mol. The molecule has 13 heavy (non-hydrogen) atoms. The van der Waals surface area contributed by atoms with E-state index in [1.807, 2.05) is 27.7 Å². The maximum Gasteiger partial charge on any atom is 2.00 e. The van der Waals surface area contributed by atoms with E-state index in [4.69, 9.17) is 0 Å². The minimum absolute atomic E-state index is 0. The zero-order chi connectivity index (χ0) is 10.3. The molecular formula is C10H22BaO2. The smallest absolute Gasteiger partial charge is 0.852 e. The Morgan fingerprint density at radius 3 is 0.692 bits per heavy atom. The third kappa shape index (κ3) is 19.8. The quantitative estimate of drug-likeness (QED) is 0.693. The Morgan fingerprint density at radius 2 is 0.692 bits per heavy atom. The van der Waals surface area contributed by atoms with E-state index in [0.717, 1.165) is 0 Å². The molecule has 0 radical (unpaired) electrons. The molecule has 0 heterocycles. The first-order chi connectivity index (χ1) is 5.29. The van der Waals surface area contributed by atoms with Crippen LogP contribution in [0.3, 0.4) is 0 Å². The summed E-state index contributed by atoms with van der Waals surface area (Å²) < 4.78 is 0. The maximum absolute atomic E-state index is 10.2. The van der Waals surface area contributed by atoms with Crippen molar-refractivity contribution in [2.45, 2.75) is 53.8 Å². The van der Waals surface area contributed by atoms with Gasteiger partial charge in [0.25, 0.3) is 0 Å². The Kier molecular flexibility index (Phi) is 17.8. The van der Waals surface area contributed by atoms with Gasteiger partial charge in [-0.2, -0.15) is 0 Å². The summed E-state index contributed by atoms with van der Waals surface area (Å²) in [5.41, 5.74) is 0. The van der Waals surface area contributed by atoms with Gasteiger partial charge in [0, 0.05) is 0 Å². The van der Waals surface area contributed by atoms with E-state index in [1.165, 1.54) is 0 Å². The van der Waals surface area contributed by atoms with Crippen molar-refractivity contribution in [3.63, 3.8) is 0 Å². The third-order valence-electron chi connectivity index (χ3n) is 1.88. The molecule has 0 aliphatic carbocycles. The van der Waals surface area contributed by atoms with Crippen LogP contribution in [0.15, 0.2) is 0 Å². The second kappa shape index (κ2) is 11.6. The molecule has 0 aromatic heterocycles. The summed E-state index contributed by atoms with van der Waals surface area (Å²) >= 11 is 0. The molecule has 0 aliphatic rings. The summed E-state index contributed by atoms with van der Waals surface area (Å²) in [5, 5.41) is 20.5. The van der Waals surface area contributed by atoms with Gasteiger partial charge in [0.1, 0.15) is 0 Å². The minimum atomic E-state index is -0.398. The van der Waals surface area contributed by atoms with Gasteiger partial charge in [-0.3, -0.25) is 0 Å². The van der Waals surface area contributed by atoms with Crippen molar-refractivity contribution in [1.29, 1.82) is 0 Å². The first-order valence-corrected chi connectivity index (χ1v) is 4.60. The molecule has 0 amide bonds. The van der Waals surface area contributed by atoms with Crippen LogP contribution in [0, 0.1) is 11.8 Å². The van der Waals surface area contributed by atoms with E-state index in [9.17, 15) is 10.2 Å². The molecule has 0 spiro atoms. The van der Waals surface area contributed by atoms with Crippen molar-refractivity contribution in [1.82, 2.24) is 0 Å². The van der Waals surface area contributed by atoms with Gasteiger partial charge < -0.3 is 10.2 Å². The van der Waals surface area contributed by atoms with Gasteiger partial charge >= 0.3 is 48.9 Å². The largest absolute Gasteiger partial charge is 2.00 e. The summed E-state index contributed by atoms with van der Waals surface area (Å²) in [4.78, 5) is 0. The van der Waals surface area contributed by atoms with Gasteiger partial charge in [0.2, 0.25) is 0 Å². The summed E-state index contributed by atoms with van der Waals surface area (Å²) in [7, 11) is 0. The van der Waals surface area contributed by atoms with Crippen LogP contribution in [0.25, 0.3) is 0 Å². The topological polar surface area (TPSA) is 46.1 Å². The van der Waals surface area contributed by atoms with E-state index in [2.05, 4.69) is 0 Å². The van der Waals surface area contributed by atoms with Crippen molar-refractivity contribution >= 4 is 48.9 Å². The molecule has 0 aromatic carbocycles. The van der Waals surface area contributed by atoms with Gasteiger partial charge in [0.15, 0.2) is 0 Å². The average Bonchev–Trinajstić information content (AvgIpc) is 1.88. The molecule has 0 rings (SSSR count). The normalized spacial score (nSPS) is 14.3. The maximum atomic E-state index is 10.2. The molecule has 0 N–H and O–H groups in total. The molecule has 2 nitrogen and oxygen atoms in total. The zero-order valence-corrected chi connectivity index (χ0v) is 14.3. The Hall–Kier alpha value is 1.49. The standard InChI is InChI=1S/2C5H11O.Ba/c2*1-4(2)5(3)6;/h2*4-5H,1-3H3;/q2*-1;+2. The minimum Gasteiger partial charge on any atom is -0.852 e. The Labute approximate surface area is 123 Å². The molecule has 0 aliphatic heterocycles. The molecule has 2 unspecified atom stereocenters. The predicted molar refractivity (Wildman–Crippen MR) is 54.4 cm³/mol. The summed E-state index contributed by atoms with van der Waals surface area (Å²) in [6, 6.07) is 0. The van der Waals surface area contributed by atoms with Crippen molar-refractivity contribution in [3.8, 4) is 0 Å². The predicted octanol–water partition coefficient (Wildman–Crippen LogP) is 0.402. The molecule has 2 atom stereocenters. The van der Waals surface area contributed by atoms with Crippen LogP contribution in [0.4, 0.5) is 0 Å². The Balaban J connectivity index is -0.000000143. The van der Waals surface area contributed by atoms with Crippen molar-refractivity contribution in [2.75, 3.05) is 0 Å². The molecule has 0 saturated carbocycles. The Morgan fingerprint density at radius 1 is 0.615 bits per heavy atom. The monoisotopic (exact) mass is 312 g/mol. The summed E-state index contributed by atoms with van der Waals surface area (Å²) in [6.45, 7) is 11.1. The Bertz CT molecular complexity index is 66.9. The molecule has 0 fully saturated rings. The fourth-order valence-electron chi connectivity index (χ4n) is 0. The second-order valence-corrected chi connectivity index (χ2v) is 3.90. The van der Waals surface area contributed by atoms with E-state index in [1.54, 1.807) is 13.8 Å². The molecule has 0 saturated heterocycles. The first-order valence-electron chi connectivity index (χ1n) is 4.60. The average molecular weight is 312 g/mol.